The number of aryl methyl sites for hydroxylation is 1. The second-order valence-corrected chi connectivity index (χ2v) is 6.69. The third-order valence-electron chi connectivity index (χ3n) is 4.46. The number of aromatic nitrogens is 3. The molecule has 9 heteroatoms. The van der Waals surface area contributed by atoms with Crippen molar-refractivity contribution in [2.24, 2.45) is 0 Å². The molecule has 0 saturated carbocycles. The molecule has 2 aromatic carbocycles. The Bertz CT molecular complexity index is 1260. The molecule has 0 saturated heterocycles. The van der Waals surface area contributed by atoms with Crippen LogP contribution >= 0.6 is 0 Å². The molecule has 6 nitrogen and oxygen atoms in total. The highest BCUT2D eigenvalue weighted by molar-refractivity contribution is 6.12. The zero-order valence-electron chi connectivity index (χ0n) is 15.6. The zero-order valence-corrected chi connectivity index (χ0v) is 15.6. The van der Waals surface area contributed by atoms with Crippen molar-refractivity contribution in [3.63, 3.8) is 0 Å². The van der Waals surface area contributed by atoms with Crippen LogP contribution in [-0.2, 0) is 6.18 Å². The summed E-state index contributed by atoms with van der Waals surface area (Å²) in [6, 6.07) is 11.1. The molecule has 2 N–H and O–H groups in total. The maximum Gasteiger partial charge on any atom is 0.416 e. The number of benzene rings is 2. The van der Waals surface area contributed by atoms with Gasteiger partial charge in [0.15, 0.2) is 0 Å². The number of pyridine rings is 1. The largest absolute Gasteiger partial charge is 0.493 e. The molecule has 152 valence electrons. The summed E-state index contributed by atoms with van der Waals surface area (Å²) in [6.45, 7) is 1.72. The van der Waals surface area contributed by atoms with Crippen LogP contribution < -0.4 is 5.32 Å². The van der Waals surface area contributed by atoms with E-state index in [0.29, 0.717) is 16.6 Å². The van der Waals surface area contributed by atoms with E-state index in [1.54, 1.807) is 37.4 Å². The predicted octanol–water partition coefficient (Wildman–Crippen LogP) is 4.71. The van der Waals surface area contributed by atoms with E-state index in [-0.39, 0.29) is 22.8 Å². The van der Waals surface area contributed by atoms with Gasteiger partial charge in [-0.3, -0.25) is 4.79 Å². The molecule has 2 heterocycles. The number of imidazole rings is 1. The lowest BCUT2D eigenvalue weighted by atomic mass is 10.1. The molecule has 2 aromatic heterocycles. The van der Waals surface area contributed by atoms with Crippen molar-refractivity contribution in [3.8, 4) is 11.6 Å². The molecule has 0 fully saturated rings. The number of carbonyl (C=O) groups excluding carboxylic acids is 1. The van der Waals surface area contributed by atoms with Gasteiger partial charge in [-0.15, -0.1) is 0 Å². The van der Waals surface area contributed by atoms with E-state index in [0.717, 1.165) is 12.1 Å². The van der Waals surface area contributed by atoms with Crippen LogP contribution in [0.15, 0.2) is 61.1 Å². The molecule has 0 atom stereocenters. The minimum Gasteiger partial charge on any atom is -0.493 e. The minimum atomic E-state index is -4.60. The van der Waals surface area contributed by atoms with Crippen LogP contribution in [0, 0.1) is 6.92 Å². The number of fused-ring (bicyclic) bond motifs is 1. The minimum absolute atomic E-state index is 0.0449. The van der Waals surface area contributed by atoms with Gasteiger partial charge in [0.05, 0.1) is 28.7 Å². The fourth-order valence-electron chi connectivity index (χ4n) is 3.11. The Morgan fingerprint density at radius 3 is 2.60 bits per heavy atom. The van der Waals surface area contributed by atoms with Gasteiger partial charge < -0.3 is 15.0 Å². The summed E-state index contributed by atoms with van der Waals surface area (Å²) in [5.74, 6) is -1.03. The Balaban J connectivity index is 1.77. The summed E-state index contributed by atoms with van der Waals surface area (Å²) < 4.78 is 41.7. The van der Waals surface area contributed by atoms with Crippen LogP contribution in [0.2, 0.25) is 0 Å². The number of nitrogens with zero attached hydrogens (tertiary/aromatic N) is 3. The Labute approximate surface area is 168 Å². The SMILES string of the molecule is Cc1cn(-c2cc(NC(=O)c3cc(O)nc4ccccc34)cc(C(F)(F)F)c2)cn1. The lowest BCUT2D eigenvalue weighted by molar-refractivity contribution is -0.137. The number of rotatable bonds is 3. The number of nitrogens with one attached hydrogen (secondary N) is 1. The molecular formula is C21H15F3N4O2. The Morgan fingerprint density at radius 2 is 1.90 bits per heavy atom. The first-order valence-corrected chi connectivity index (χ1v) is 8.84. The van der Waals surface area contributed by atoms with Gasteiger partial charge in [-0.1, -0.05) is 18.2 Å². The van der Waals surface area contributed by atoms with Crippen LogP contribution in [0.25, 0.3) is 16.6 Å². The van der Waals surface area contributed by atoms with Gasteiger partial charge in [-0.25, -0.2) is 9.97 Å². The highest BCUT2D eigenvalue weighted by Crippen LogP contribution is 2.33. The van der Waals surface area contributed by atoms with Crippen molar-refractivity contribution >= 4 is 22.5 Å². The summed E-state index contributed by atoms with van der Waals surface area (Å²) in [4.78, 5) is 20.8. The summed E-state index contributed by atoms with van der Waals surface area (Å²) in [6.07, 6.45) is -1.63. The third kappa shape index (κ3) is 3.82. The summed E-state index contributed by atoms with van der Waals surface area (Å²) in [7, 11) is 0. The van der Waals surface area contributed by atoms with E-state index in [2.05, 4.69) is 15.3 Å². The molecule has 0 bridgehead atoms. The first-order chi connectivity index (χ1) is 14.2. The molecular weight excluding hydrogens is 397 g/mol. The van der Waals surface area contributed by atoms with Gasteiger partial charge in [0, 0.05) is 29.0 Å². The van der Waals surface area contributed by atoms with Crippen LogP contribution in [0.5, 0.6) is 5.88 Å². The average Bonchev–Trinajstić information content (AvgIpc) is 3.12. The summed E-state index contributed by atoms with van der Waals surface area (Å²) in [5.41, 5.74) is 0.359. The number of halogens is 3. The fraction of sp³-hybridized carbons (Fsp3) is 0.0952. The van der Waals surface area contributed by atoms with Gasteiger partial charge in [-0.05, 0) is 31.2 Å². The molecule has 4 aromatic rings. The van der Waals surface area contributed by atoms with Gasteiger partial charge >= 0.3 is 6.18 Å². The van der Waals surface area contributed by atoms with Crippen molar-refractivity contribution < 1.29 is 23.1 Å². The molecule has 1 amide bonds. The van der Waals surface area contributed by atoms with Gasteiger partial charge in [0.25, 0.3) is 5.91 Å². The number of anilines is 1. The van der Waals surface area contributed by atoms with E-state index in [9.17, 15) is 23.1 Å². The number of amides is 1. The average molecular weight is 412 g/mol. The van der Waals surface area contributed by atoms with Gasteiger partial charge in [-0.2, -0.15) is 13.2 Å². The Morgan fingerprint density at radius 1 is 1.13 bits per heavy atom. The van der Waals surface area contributed by atoms with Crippen molar-refractivity contribution in [1.82, 2.24) is 14.5 Å². The van der Waals surface area contributed by atoms with Crippen molar-refractivity contribution in [2.45, 2.75) is 13.1 Å². The van der Waals surface area contributed by atoms with E-state index in [1.807, 2.05) is 0 Å². The first-order valence-electron chi connectivity index (χ1n) is 8.84. The van der Waals surface area contributed by atoms with Crippen LogP contribution in [0.4, 0.5) is 18.9 Å². The van der Waals surface area contributed by atoms with E-state index in [4.69, 9.17) is 0 Å². The van der Waals surface area contributed by atoms with Crippen LogP contribution in [0.1, 0.15) is 21.6 Å². The molecule has 0 spiro atoms. The van der Waals surface area contributed by atoms with Crippen molar-refractivity contribution in [3.05, 3.63) is 77.9 Å². The zero-order chi connectivity index (χ0) is 21.5. The number of aromatic hydroxyl groups is 1. The molecule has 0 aliphatic heterocycles. The molecule has 0 aliphatic carbocycles. The van der Waals surface area contributed by atoms with E-state index < -0.39 is 17.6 Å². The van der Waals surface area contributed by atoms with E-state index >= 15 is 0 Å². The number of alkyl halides is 3. The number of para-hydroxylation sites is 1. The highest BCUT2D eigenvalue weighted by atomic mass is 19.4. The second kappa shape index (κ2) is 7.18. The van der Waals surface area contributed by atoms with Crippen LogP contribution in [-0.4, -0.2) is 25.5 Å². The lowest BCUT2D eigenvalue weighted by Gasteiger charge is -2.14. The maximum absolute atomic E-state index is 13.4. The normalized spacial score (nSPS) is 11.6. The molecule has 0 radical (unpaired) electrons. The monoisotopic (exact) mass is 412 g/mol. The molecule has 4 rings (SSSR count). The smallest absolute Gasteiger partial charge is 0.416 e. The van der Waals surface area contributed by atoms with E-state index in [1.165, 1.54) is 23.0 Å². The van der Waals surface area contributed by atoms with Crippen molar-refractivity contribution in [1.29, 1.82) is 0 Å². The second-order valence-electron chi connectivity index (χ2n) is 6.69. The lowest BCUT2D eigenvalue weighted by Crippen LogP contribution is -2.14. The Hall–Kier alpha value is -3.88. The molecule has 30 heavy (non-hydrogen) atoms. The third-order valence-corrected chi connectivity index (χ3v) is 4.46. The fourth-order valence-corrected chi connectivity index (χ4v) is 3.11. The standard InChI is InChI=1S/C21H15F3N4O2/c1-12-10-28(11-25-12)15-7-13(21(22,23)24)6-14(8-15)26-20(30)17-9-19(29)27-18-5-3-2-4-16(17)18/h2-11H,1H3,(H,26,30)(H,27,29). The molecule has 0 aliphatic rings. The summed E-state index contributed by atoms with van der Waals surface area (Å²) >= 11 is 0. The van der Waals surface area contributed by atoms with Crippen LogP contribution in [0.3, 0.4) is 0 Å². The molecule has 0 unspecified atom stereocenters. The van der Waals surface area contributed by atoms with Gasteiger partial charge in [0.1, 0.15) is 0 Å². The van der Waals surface area contributed by atoms with Gasteiger partial charge in [0.2, 0.25) is 5.88 Å². The number of hydrogen-bond donors (Lipinski definition) is 2. The summed E-state index contributed by atoms with van der Waals surface area (Å²) in [5, 5.41) is 12.8. The highest BCUT2D eigenvalue weighted by Gasteiger charge is 2.31. The predicted molar refractivity (Wildman–Crippen MR) is 105 cm³/mol. The quantitative estimate of drug-likeness (QED) is 0.511. The first kappa shape index (κ1) is 19.4. The Kier molecular flexibility index (Phi) is 4.65. The number of carbonyl (C=O) groups is 1. The number of hydrogen-bond acceptors (Lipinski definition) is 4. The topological polar surface area (TPSA) is 80.0 Å². The maximum atomic E-state index is 13.4. The van der Waals surface area contributed by atoms with Crippen molar-refractivity contribution in [2.75, 3.05) is 5.32 Å².